The third kappa shape index (κ3) is 3.72. The van der Waals surface area contributed by atoms with Crippen molar-refractivity contribution in [3.8, 4) is 5.75 Å². The summed E-state index contributed by atoms with van der Waals surface area (Å²) in [6.07, 6.45) is 3.24. The fourth-order valence-corrected chi connectivity index (χ4v) is 4.70. The molecule has 1 saturated heterocycles. The highest BCUT2D eigenvalue weighted by molar-refractivity contribution is 6.09. The van der Waals surface area contributed by atoms with Gasteiger partial charge in [-0.25, -0.2) is 0 Å². The van der Waals surface area contributed by atoms with Crippen molar-refractivity contribution in [3.05, 3.63) is 59.4 Å². The number of carbonyl (C=O) groups excluding carboxylic acids is 2. The number of hydrogen-bond acceptors (Lipinski definition) is 4. The van der Waals surface area contributed by atoms with Crippen molar-refractivity contribution >= 4 is 22.6 Å². The van der Waals surface area contributed by atoms with Crippen LogP contribution in [0.25, 0.3) is 10.8 Å². The Morgan fingerprint density at radius 1 is 0.938 bits per heavy atom. The van der Waals surface area contributed by atoms with Crippen molar-refractivity contribution < 1.29 is 14.3 Å². The summed E-state index contributed by atoms with van der Waals surface area (Å²) in [5, 5.41) is 6.43. The van der Waals surface area contributed by atoms with Gasteiger partial charge in [-0.2, -0.15) is 5.10 Å². The van der Waals surface area contributed by atoms with Gasteiger partial charge in [-0.1, -0.05) is 30.3 Å². The van der Waals surface area contributed by atoms with Crippen molar-refractivity contribution in [2.75, 3.05) is 32.8 Å². The zero-order chi connectivity index (χ0) is 22.1. The predicted octanol–water partition coefficient (Wildman–Crippen LogP) is 3.37. The minimum absolute atomic E-state index is 0.0424. The second-order valence-electron chi connectivity index (χ2n) is 8.38. The molecular formula is C25H28N4O3. The summed E-state index contributed by atoms with van der Waals surface area (Å²) < 4.78 is 7.76. The van der Waals surface area contributed by atoms with Gasteiger partial charge in [0.05, 0.1) is 12.2 Å². The number of amides is 2. The molecule has 32 heavy (non-hydrogen) atoms. The Morgan fingerprint density at radius 2 is 1.69 bits per heavy atom. The first kappa shape index (κ1) is 20.5. The summed E-state index contributed by atoms with van der Waals surface area (Å²) >= 11 is 0. The molecule has 0 unspecified atom stereocenters. The van der Waals surface area contributed by atoms with Crippen LogP contribution in [0.5, 0.6) is 5.75 Å². The maximum absolute atomic E-state index is 13.5. The van der Waals surface area contributed by atoms with E-state index in [1.165, 1.54) is 0 Å². The highest BCUT2D eigenvalue weighted by Crippen LogP contribution is 2.30. The number of rotatable bonds is 4. The van der Waals surface area contributed by atoms with Crippen LogP contribution in [0.2, 0.25) is 0 Å². The van der Waals surface area contributed by atoms with Crippen LogP contribution in [0.3, 0.4) is 0 Å². The molecule has 2 amide bonds. The van der Waals surface area contributed by atoms with E-state index in [1.807, 2.05) is 63.9 Å². The Balaban J connectivity index is 1.32. The van der Waals surface area contributed by atoms with Crippen molar-refractivity contribution in [1.82, 2.24) is 19.6 Å². The van der Waals surface area contributed by atoms with Gasteiger partial charge >= 0.3 is 0 Å². The SMILES string of the molecule is CCOc1ccc2ccccc2c1C(=O)N1CCN(C(=O)c2cc3n(n2)CCCC3)CC1. The standard InChI is InChI=1S/C25H28N4O3/c1-2-32-22-11-10-18-7-3-4-9-20(18)23(22)25(31)28-15-13-27(14-16-28)24(30)21-17-19-8-5-6-12-29(19)26-21/h3-4,7,9-11,17H,2,5-6,8,12-16H2,1H3. The van der Waals surface area contributed by atoms with Crippen LogP contribution in [-0.4, -0.2) is 64.2 Å². The van der Waals surface area contributed by atoms with Gasteiger partial charge in [0.1, 0.15) is 5.75 Å². The number of aromatic nitrogens is 2. The average Bonchev–Trinajstić information content (AvgIpc) is 3.28. The Labute approximate surface area is 187 Å². The molecule has 1 fully saturated rings. The van der Waals surface area contributed by atoms with Gasteiger partial charge in [0.25, 0.3) is 11.8 Å². The van der Waals surface area contributed by atoms with Crippen LogP contribution in [0.1, 0.15) is 46.3 Å². The van der Waals surface area contributed by atoms with E-state index in [-0.39, 0.29) is 11.8 Å². The third-order valence-corrected chi connectivity index (χ3v) is 6.39. The van der Waals surface area contributed by atoms with E-state index in [0.717, 1.165) is 42.3 Å². The van der Waals surface area contributed by atoms with Gasteiger partial charge in [-0.05, 0) is 49.1 Å². The van der Waals surface area contributed by atoms with E-state index < -0.39 is 0 Å². The summed E-state index contributed by atoms with van der Waals surface area (Å²) in [6, 6.07) is 13.7. The second kappa shape index (κ2) is 8.65. The van der Waals surface area contributed by atoms with Gasteiger partial charge in [-0.3, -0.25) is 14.3 Å². The number of fused-ring (bicyclic) bond motifs is 2. The van der Waals surface area contributed by atoms with Gasteiger partial charge in [-0.15, -0.1) is 0 Å². The van der Waals surface area contributed by atoms with E-state index >= 15 is 0 Å². The fourth-order valence-electron chi connectivity index (χ4n) is 4.70. The van der Waals surface area contributed by atoms with Gasteiger partial charge in [0, 0.05) is 38.4 Å². The van der Waals surface area contributed by atoms with Gasteiger partial charge in [0.2, 0.25) is 0 Å². The first-order chi connectivity index (χ1) is 15.7. The van der Waals surface area contributed by atoms with Crippen molar-refractivity contribution in [2.45, 2.75) is 32.7 Å². The Hall–Kier alpha value is -3.35. The largest absolute Gasteiger partial charge is 0.493 e. The Kier molecular flexibility index (Phi) is 5.55. The highest BCUT2D eigenvalue weighted by atomic mass is 16.5. The third-order valence-electron chi connectivity index (χ3n) is 6.39. The lowest BCUT2D eigenvalue weighted by atomic mass is 10.0. The molecule has 2 aromatic carbocycles. The van der Waals surface area contributed by atoms with Crippen molar-refractivity contribution in [2.24, 2.45) is 0 Å². The average molecular weight is 433 g/mol. The number of ether oxygens (including phenoxy) is 1. The van der Waals surface area contributed by atoms with Gasteiger partial charge < -0.3 is 14.5 Å². The molecule has 0 radical (unpaired) electrons. The number of benzene rings is 2. The molecule has 0 aliphatic carbocycles. The molecule has 0 bridgehead atoms. The number of aryl methyl sites for hydroxylation is 2. The second-order valence-corrected chi connectivity index (χ2v) is 8.38. The molecule has 0 atom stereocenters. The molecule has 5 rings (SSSR count). The Bertz CT molecular complexity index is 1140. The van der Waals surface area contributed by atoms with E-state index in [1.54, 1.807) is 0 Å². The quantitative estimate of drug-likeness (QED) is 0.634. The maximum Gasteiger partial charge on any atom is 0.274 e. The molecule has 2 aliphatic heterocycles. The van der Waals surface area contributed by atoms with E-state index in [2.05, 4.69) is 5.10 Å². The first-order valence-corrected chi connectivity index (χ1v) is 11.5. The molecular weight excluding hydrogens is 404 g/mol. The molecule has 3 aromatic rings. The number of carbonyl (C=O) groups is 2. The minimum atomic E-state index is -0.0465. The maximum atomic E-state index is 13.5. The smallest absolute Gasteiger partial charge is 0.274 e. The Morgan fingerprint density at radius 3 is 2.44 bits per heavy atom. The first-order valence-electron chi connectivity index (χ1n) is 11.5. The fraction of sp³-hybridized carbons (Fsp3) is 0.400. The minimum Gasteiger partial charge on any atom is -0.493 e. The summed E-state index contributed by atoms with van der Waals surface area (Å²) in [6.45, 7) is 5.29. The van der Waals surface area contributed by atoms with Crippen LogP contribution in [0, 0.1) is 0 Å². The topological polar surface area (TPSA) is 67.7 Å². The lowest BCUT2D eigenvalue weighted by Crippen LogP contribution is -2.50. The molecule has 3 heterocycles. The molecule has 7 heteroatoms. The van der Waals surface area contributed by atoms with Crippen LogP contribution in [0.15, 0.2) is 42.5 Å². The molecule has 166 valence electrons. The number of hydrogen-bond donors (Lipinski definition) is 0. The number of piperazine rings is 1. The van der Waals surface area contributed by atoms with Crippen molar-refractivity contribution in [1.29, 1.82) is 0 Å². The lowest BCUT2D eigenvalue weighted by Gasteiger charge is -2.35. The molecule has 2 aliphatic rings. The number of nitrogens with zero attached hydrogens (tertiary/aromatic N) is 4. The zero-order valence-electron chi connectivity index (χ0n) is 18.4. The van der Waals surface area contributed by atoms with Crippen LogP contribution in [0.4, 0.5) is 0 Å². The van der Waals surface area contributed by atoms with Crippen LogP contribution >= 0.6 is 0 Å². The van der Waals surface area contributed by atoms with Crippen LogP contribution < -0.4 is 4.74 Å². The normalized spacial score (nSPS) is 16.2. The molecule has 1 aromatic heterocycles. The summed E-state index contributed by atoms with van der Waals surface area (Å²) in [5.74, 6) is 0.521. The summed E-state index contributed by atoms with van der Waals surface area (Å²) in [7, 11) is 0. The highest BCUT2D eigenvalue weighted by Gasteiger charge is 2.29. The molecule has 0 saturated carbocycles. The lowest BCUT2D eigenvalue weighted by molar-refractivity contribution is 0.0530. The molecule has 7 nitrogen and oxygen atoms in total. The van der Waals surface area contributed by atoms with E-state index in [0.29, 0.717) is 49.8 Å². The van der Waals surface area contributed by atoms with E-state index in [9.17, 15) is 9.59 Å². The molecule has 0 spiro atoms. The monoisotopic (exact) mass is 432 g/mol. The van der Waals surface area contributed by atoms with E-state index in [4.69, 9.17) is 4.74 Å². The predicted molar refractivity (Wildman–Crippen MR) is 122 cm³/mol. The summed E-state index contributed by atoms with van der Waals surface area (Å²) in [5.41, 5.74) is 2.27. The molecule has 0 N–H and O–H groups in total. The van der Waals surface area contributed by atoms with Crippen LogP contribution in [-0.2, 0) is 13.0 Å². The summed E-state index contributed by atoms with van der Waals surface area (Å²) in [4.78, 5) is 30.2. The van der Waals surface area contributed by atoms with Gasteiger partial charge in [0.15, 0.2) is 5.69 Å². The van der Waals surface area contributed by atoms with Crippen molar-refractivity contribution in [3.63, 3.8) is 0 Å². The zero-order valence-corrected chi connectivity index (χ0v) is 18.4.